The van der Waals surface area contributed by atoms with Gasteiger partial charge >= 0.3 is 5.97 Å². The lowest BCUT2D eigenvalue weighted by atomic mass is 9.85. The fourth-order valence-electron chi connectivity index (χ4n) is 2.53. The van der Waals surface area contributed by atoms with E-state index in [1.54, 1.807) is 42.5 Å². The molecule has 2 rings (SSSR count). The lowest BCUT2D eigenvalue weighted by Crippen LogP contribution is -2.44. The number of carboxylic acids is 1. The molecule has 2 unspecified atom stereocenters. The van der Waals surface area contributed by atoms with Crippen molar-refractivity contribution in [3.05, 3.63) is 48.0 Å². The summed E-state index contributed by atoms with van der Waals surface area (Å²) in [5, 5.41) is 12.8. The molecule has 2 aromatic carbocycles. The Morgan fingerprint density at radius 3 is 2.50 bits per heavy atom. The van der Waals surface area contributed by atoms with Gasteiger partial charge in [0, 0.05) is 0 Å². The standard InChI is InChI=1S/C16H14FNO4/c17-8-13(20)14(15(16(21)22)18-9-19)12-7-3-5-10-4-1-2-6-11(10)12/h1-7,9,14-15H,8H2,(H,18,19)(H,21,22). The predicted molar refractivity (Wildman–Crippen MR) is 78.3 cm³/mol. The number of benzene rings is 2. The molecule has 2 aromatic rings. The van der Waals surface area contributed by atoms with Gasteiger partial charge in [0.05, 0.1) is 5.92 Å². The van der Waals surface area contributed by atoms with E-state index in [0.29, 0.717) is 10.9 Å². The first-order valence-corrected chi connectivity index (χ1v) is 6.59. The molecular formula is C16H14FNO4. The van der Waals surface area contributed by atoms with Crippen LogP contribution in [0.1, 0.15) is 11.5 Å². The van der Waals surface area contributed by atoms with Crippen LogP contribution in [-0.2, 0) is 14.4 Å². The molecule has 0 aliphatic carbocycles. The number of Topliss-reactive ketones (excluding diaryl/α,β-unsaturated/α-hetero) is 1. The van der Waals surface area contributed by atoms with Gasteiger partial charge < -0.3 is 10.4 Å². The molecule has 0 aromatic heterocycles. The number of aliphatic carboxylic acids is 1. The molecule has 0 aliphatic heterocycles. The Bertz CT molecular complexity index is 711. The van der Waals surface area contributed by atoms with Gasteiger partial charge in [-0.2, -0.15) is 0 Å². The first kappa shape index (κ1) is 15.6. The highest BCUT2D eigenvalue weighted by Gasteiger charge is 2.35. The number of hydrogen-bond acceptors (Lipinski definition) is 3. The summed E-state index contributed by atoms with van der Waals surface area (Å²) in [5.74, 6) is -3.58. The van der Waals surface area contributed by atoms with Gasteiger partial charge in [-0.05, 0) is 16.3 Å². The van der Waals surface area contributed by atoms with Gasteiger partial charge in [0.15, 0.2) is 5.78 Å². The van der Waals surface area contributed by atoms with Crippen molar-refractivity contribution >= 4 is 28.9 Å². The SMILES string of the molecule is O=CNC(C(=O)O)C(C(=O)CF)c1cccc2ccccc12. The Kier molecular flexibility index (Phi) is 4.83. The minimum Gasteiger partial charge on any atom is -0.480 e. The van der Waals surface area contributed by atoms with Crippen molar-refractivity contribution in [3.8, 4) is 0 Å². The summed E-state index contributed by atoms with van der Waals surface area (Å²) in [6.07, 6.45) is 0.197. The van der Waals surface area contributed by atoms with Crippen LogP contribution in [0.5, 0.6) is 0 Å². The van der Waals surface area contributed by atoms with Gasteiger partial charge in [0.2, 0.25) is 6.41 Å². The number of amides is 1. The molecule has 1 amide bonds. The summed E-state index contributed by atoms with van der Waals surface area (Å²) in [6, 6.07) is 10.6. The molecule has 2 atom stereocenters. The number of rotatable bonds is 7. The number of fused-ring (bicyclic) bond motifs is 1. The van der Waals surface area contributed by atoms with E-state index < -0.39 is 30.4 Å². The normalized spacial score (nSPS) is 13.3. The van der Waals surface area contributed by atoms with Crippen molar-refractivity contribution in [1.29, 1.82) is 0 Å². The Morgan fingerprint density at radius 2 is 1.86 bits per heavy atom. The lowest BCUT2D eigenvalue weighted by Gasteiger charge is -2.23. The summed E-state index contributed by atoms with van der Waals surface area (Å²) in [5.41, 5.74) is 0.377. The molecule has 2 N–H and O–H groups in total. The second kappa shape index (κ2) is 6.80. The van der Waals surface area contributed by atoms with E-state index in [0.717, 1.165) is 5.39 Å². The van der Waals surface area contributed by atoms with Crippen LogP contribution in [0.2, 0.25) is 0 Å². The van der Waals surface area contributed by atoms with Gasteiger partial charge in [0.25, 0.3) is 0 Å². The number of alkyl halides is 1. The van der Waals surface area contributed by atoms with Gasteiger partial charge in [-0.1, -0.05) is 42.5 Å². The van der Waals surface area contributed by atoms with Crippen molar-refractivity contribution in [2.24, 2.45) is 0 Å². The van der Waals surface area contributed by atoms with E-state index >= 15 is 0 Å². The number of nitrogens with one attached hydrogen (secondary N) is 1. The molecule has 22 heavy (non-hydrogen) atoms. The monoisotopic (exact) mass is 303 g/mol. The van der Waals surface area contributed by atoms with Crippen LogP contribution >= 0.6 is 0 Å². The smallest absolute Gasteiger partial charge is 0.327 e. The van der Waals surface area contributed by atoms with Crippen LogP contribution < -0.4 is 5.32 Å². The molecular weight excluding hydrogens is 289 g/mol. The average molecular weight is 303 g/mol. The number of carbonyl (C=O) groups excluding carboxylic acids is 2. The van der Waals surface area contributed by atoms with Crippen molar-refractivity contribution < 1.29 is 23.9 Å². The van der Waals surface area contributed by atoms with E-state index in [4.69, 9.17) is 0 Å². The maximum atomic E-state index is 12.9. The van der Waals surface area contributed by atoms with Crippen molar-refractivity contribution in [3.63, 3.8) is 0 Å². The minimum absolute atomic E-state index is 0.197. The third kappa shape index (κ3) is 2.95. The molecule has 0 heterocycles. The van der Waals surface area contributed by atoms with E-state index in [1.807, 2.05) is 0 Å². The summed E-state index contributed by atoms with van der Waals surface area (Å²) in [7, 11) is 0. The number of carboxylic acid groups (broad SMARTS) is 1. The van der Waals surface area contributed by atoms with Gasteiger partial charge in [-0.25, -0.2) is 9.18 Å². The maximum Gasteiger partial charge on any atom is 0.327 e. The second-order valence-electron chi connectivity index (χ2n) is 4.75. The Labute approximate surface area is 125 Å². The van der Waals surface area contributed by atoms with E-state index in [1.165, 1.54) is 0 Å². The molecule has 0 bridgehead atoms. The zero-order valence-corrected chi connectivity index (χ0v) is 11.5. The number of hydrogen-bond donors (Lipinski definition) is 2. The molecule has 0 radical (unpaired) electrons. The summed E-state index contributed by atoms with van der Waals surface area (Å²) >= 11 is 0. The molecule has 0 aliphatic rings. The van der Waals surface area contributed by atoms with E-state index in [-0.39, 0.29) is 6.41 Å². The summed E-state index contributed by atoms with van der Waals surface area (Å²) in [6.45, 7) is -1.31. The first-order valence-electron chi connectivity index (χ1n) is 6.59. The molecule has 0 fully saturated rings. The third-order valence-corrected chi connectivity index (χ3v) is 3.48. The molecule has 0 saturated carbocycles. The quantitative estimate of drug-likeness (QED) is 0.762. The third-order valence-electron chi connectivity index (χ3n) is 3.48. The van der Waals surface area contributed by atoms with Crippen molar-refractivity contribution in [1.82, 2.24) is 5.32 Å². The fourth-order valence-corrected chi connectivity index (χ4v) is 2.53. The minimum atomic E-state index is -1.52. The van der Waals surface area contributed by atoms with E-state index in [2.05, 4.69) is 5.32 Å². The topological polar surface area (TPSA) is 83.5 Å². The first-order chi connectivity index (χ1) is 10.6. The maximum absolute atomic E-state index is 12.9. The molecule has 5 nitrogen and oxygen atoms in total. The van der Waals surface area contributed by atoms with Crippen molar-refractivity contribution in [2.75, 3.05) is 6.67 Å². The van der Waals surface area contributed by atoms with Crippen LogP contribution in [0, 0.1) is 0 Å². The molecule has 0 spiro atoms. The van der Waals surface area contributed by atoms with Crippen LogP contribution in [0.25, 0.3) is 10.8 Å². The zero-order valence-electron chi connectivity index (χ0n) is 11.5. The Hall–Kier alpha value is -2.76. The highest BCUT2D eigenvalue weighted by molar-refractivity contribution is 5.98. The largest absolute Gasteiger partial charge is 0.480 e. The highest BCUT2D eigenvalue weighted by atomic mass is 19.1. The fraction of sp³-hybridized carbons (Fsp3) is 0.188. The van der Waals surface area contributed by atoms with E-state index in [9.17, 15) is 23.9 Å². The summed E-state index contributed by atoms with van der Waals surface area (Å²) < 4.78 is 12.9. The number of halogens is 1. The molecule has 114 valence electrons. The Morgan fingerprint density at radius 1 is 1.18 bits per heavy atom. The lowest BCUT2D eigenvalue weighted by molar-refractivity contribution is -0.143. The van der Waals surface area contributed by atoms with Crippen LogP contribution in [0.3, 0.4) is 0 Å². The predicted octanol–water partition coefficient (Wildman–Crippen LogP) is 1.66. The average Bonchev–Trinajstić information content (AvgIpc) is 2.54. The van der Waals surface area contributed by atoms with Crippen molar-refractivity contribution in [2.45, 2.75) is 12.0 Å². The van der Waals surface area contributed by atoms with Crippen LogP contribution in [-0.4, -0.2) is 36.0 Å². The highest BCUT2D eigenvalue weighted by Crippen LogP contribution is 2.29. The number of ketones is 1. The van der Waals surface area contributed by atoms with Crippen LogP contribution in [0.15, 0.2) is 42.5 Å². The molecule has 0 saturated heterocycles. The van der Waals surface area contributed by atoms with Gasteiger partial charge in [-0.3, -0.25) is 9.59 Å². The second-order valence-corrected chi connectivity index (χ2v) is 4.75. The molecule has 6 heteroatoms. The summed E-state index contributed by atoms with van der Waals surface area (Å²) in [4.78, 5) is 34.0. The Balaban J connectivity index is 2.64. The number of carbonyl (C=O) groups is 3. The zero-order chi connectivity index (χ0) is 16.1. The van der Waals surface area contributed by atoms with Gasteiger partial charge in [0.1, 0.15) is 12.7 Å². The van der Waals surface area contributed by atoms with Gasteiger partial charge in [-0.15, -0.1) is 0 Å². The van der Waals surface area contributed by atoms with Crippen LogP contribution in [0.4, 0.5) is 4.39 Å².